The molecule has 0 unspecified atom stereocenters. The van der Waals surface area contributed by atoms with E-state index in [2.05, 4.69) is 15.3 Å². The lowest BCUT2D eigenvalue weighted by molar-refractivity contribution is 1.16. The topological polar surface area (TPSA) is 37.8 Å². The Morgan fingerprint density at radius 1 is 1.36 bits per heavy atom. The predicted octanol–water partition coefficient (Wildman–Crippen LogP) is 2.80. The van der Waals surface area contributed by atoms with E-state index in [0.29, 0.717) is 5.15 Å². The highest BCUT2D eigenvalue weighted by Gasteiger charge is 1.95. The molecule has 0 amide bonds. The van der Waals surface area contributed by atoms with E-state index in [1.807, 2.05) is 17.8 Å². The first-order valence-electron chi connectivity index (χ1n) is 4.07. The van der Waals surface area contributed by atoms with E-state index >= 15 is 0 Å². The maximum absolute atomic E-state index is 5.66. The second kappa shape index (κ2) is 4.39. The normalized spacial score (nSPS) is 10.1. The first kappa shape index (κ1) is 9.43. The number of nitrogens with zero attached hydrogens (tertiary/aromatic N) is 2. The molecular formula is C9H8ClN3S. The van der Waals surface area contributed by atoms with E-state index in [4.69, 9.17) is 11.6 Å². The summed E-state index contributed by atoms with van der Waals surface area (Å²) in [5.74, 6) is 0. The Bertz CT molecular complexity index is 385. The fourth-order valence-electron chi connectivity index (χ4n) is 0.999. The molecule has 0 spiro atoms. The largest absolute Gasteiger partial charge is 0.379 e. The first-order chi connectivity index (χ1) is 6.84. The van der Waals surface area contributed by atoms with Crippen molar-refractivity contribution in [3.8, 4) is 0 Å². The third kappa shape index (κ3) is 2.43. The molecule has 0 fully saturated rings. The van der Waals surface area contributed by atoms with Crippen molar-refractivity contribution >= 4 is 28.6 Å². The lowest BCUT2D eigenvalue weighted by atomic mass is 10.4. The lowest BCUT2D eigenvalue weighted by Gasteiger charge is -2.02. The quantitative estimate of drug-likeness (QED) is 0.817. The summed E-state index contributed by atoms with van der Waals surface area (Å²) in [6.07, 6.45) is 3.56. The van der Waals surface area contributed by atoms with Crippen LogP contribution in [0.15, 0.2) is 30.0 Å². The number of rotatable bonds is 3. The molecule has 14 heavy (non-hydrogen) atoms. The summed E-state index contributed by atoms with van der Waals surface area (Å²) in [4.78, 5) is 9.15. The van der Waals surface area contributed by atoms with Crippen LogP contribution >= 0.6 is 22.9 Å². The minimum Gasteiger partial charge on any atom is -0.379 e. The summed E-state index contributed by atoms with van der Waals surface area (Å²) in [5.41, 5.74) is 2.78. The SMILES string of the molecule is Clc1ccc(NCc2cncs2)cn1. The van der Waals surface area contributed by atoms with Crippen LogP contribution in [0.3, 0.4) is 0 Å². The number of hydrogen-bond donors (Lipinski definition) is 1. The first-order valence-corrected chi connectivity index (χ1v) is 5.33. The highest BCUT2D eigenvalue weighted by molar-refractivity contribution is 7.09. The zero-order valence-corrected chi connectivity index (χ0v) is 8.85. The fraction of sp³-hybridized carbons (Fsp3) is 0.111. The number of anilines is 1. The monoisotopic (exact) mass is 225 g/mol. The zero-order chi connectivity index (χ0) is 9.80. The summed E-state index contributed by atoms with van der Waals surface area (Å²) in [6, 6.07) is 3.66. The van der Waals surface area contributed by atoms with Gasteiger partial charge in [0, 0.05) is 11.1 Å². The van der Waals surface area contributed by atoms with Crippen molar-refractivity contribution in [2.75, 3.05) is 5.32 Å². The predicted molar refractivity (Wildman–Crippen MR) is 58.7 cm³/mol. The number of nitrogens with one attached hydrogen (secondary N) is 1. The number of aromatic nitrogens is 2. The van der Waals surface area contributed by atoms with Gasteiger partial charge in [-0.3, -0.25) is 4.98 Å². The highest BCUT2D eigenvalue weighted by atomic mass is 35.5. The summed E-state index contributed by atoms with van der Waals surface area (Å²) in [6.45, 7) is 0.772. The number of halogens is 1. The van der Waals surface area contributed by atoms with Crippen LogP contribution in [0.4, 0.5) is 5.69 Å². The molecular weight excluding hydrogens is 218 g/mol. The van der Waals surface area contributed by atoms with Crippen LogP contribution in [0.25, 0.3) is 0 Å². The molecule has 0 atom stereocenters. The third-order valence-corrected chi connectivity index (χ3v) is 2.68. The fourth-order valence-corrected chi connectivity index (χ4v) is 1.65. The Labute approximate surface area is 90.8 Å². The summed E-state index contributed by atoms with van der Waals surface area (Å²) in [7, 11) is 0. The maximum atomic E-state index is 5.66. The van der Waals surface area contributed by atoms with Gasteiger partial charge in [0.05, 0.1) is 23.9 Å². The molecule has 0 aliphatic rings. The molecule has 2 aromatic rings. The van der Waals surface area contributed by atoms with Crippen LogP contribution in [0.1, 0.15) is 4.88 Å². The van der Waals surface area contributed by atoms with Crippen molar-refractivity contribution in [3.63, 3.8) is 0 Å². The summed E-state index contributed by atoms with van der Waals surface area (Å²) < 4.78 is 0. The van der Waals surface area contributed by atoms with Gasteiger partial charge in [0.2, 0.25) is 0 Å². The number of hydrogen-bond acceptors (Lipinski definition) is 4. The van der Waals surface area contributed by atoms with Gasteiger partial charge in [-0.25, -0.2) is 4.98 Å². The average molecular weight is 226 g/mol. The van der Waals surface area contributed by atoms with Crippen LogP contribution in [-0.2, 0) is 6.54 Å². The van der Waals surface area contributed by atoms with Gasteiger partial charge >= 0.3 is 0 Å². The smallest absolute Gasteiger partial charge is 0.129 e. The summed E-state index contributed by atoms with van der Waals surface area (Å²) >= 11 is 7.29. The second-order valence-electron chi connectivity index (χ2n) is 2.69. The molecule has 0 aliphatic carbocycles. The minimum atomic E-state index is 0.508. The lowest BCUT2D eigenvalue weighted by Crippen LogP contribution is -1.97. The van der Waals surface area contributed by atoms with Gasteiger partial charge in [-0.2, -0.15) is 0 Å². The molecule has 0 bridgehead atoms. The molecule has 0 saturated carbocycles. The van der Waals surface area contributed by atoms with E-state index in [-0.39, 0.29) is 0 Å². The van der Waals surface area contributed by atoms with Crippen molar-refractivity contribution in [1.82, 2.24) is 9.97 Å². The molecule has 0 saturated heterocycles. The van der Waals surface area contributed by atoms with Gasteiger partial charge in [0.15, 0.2) is 0 Å². The zero-order valence-electron chi connectivity index (χ0n) is 7.27. The van der Waals surface area contributed by atoms with Gasteiger partial charge in [-0.15, -0.1) is 11.3 Å². The van der Waals surface area contributed by atoms with Gasteiger partial charge in [0.1, 0.15) is 5.15 Å². The van der Waals surface area contributed by atoms with E-state index in [0.717, 1.165) is 12.2 Å². The van der Waals surface area contributed by atoms with Crippen molar-refractivity contribution in [3.05, 3.63) is 40.1 Å². The standard InChI is InChI=1S/C9H8ClN3S/c10-9-2-1-7(3-13-9)12-5-8-4-11-6-14-8/h1-4,6,12H,5H2. The molecule has 0 aliphatic heterocycles. The summed E-state index contributed by atoms with van der Waals surface area (Å²) in [5, 5.41) is 3.73. The Hall–Kier alpha value is -1.13. The Morgan fingerprint density at radius 2 is 2.29 bits per heavy atom. The van der Waals surface area contributed by atoms with Crippen molar-refractivity contribution in [1.29, 1.82) is 0 Å². The molecule has 1 N–H and O–H groups in total. The molecule has 5 heteroatoms. The van der Waals surface area contributed by atoms with Crippen molar-refractivity contribution in [2.24, 2.45) is 0 Å². The second-order valence-corrected chi connectivity index (χ2v) is 4.05. The molecule has 2 aromatic heterocycles. The van der Waals surface area contributed by atoms with Crippen molar-refractivity contribution in [2.45, 2.75) is 6.54 Å². The molecule has 3 nitrogen and oxygen atoms in total. The van der Waals surface area contributed by atoms with E-state index < -0.39 is 0 Å². The molecule has 2 rings (SSSR count). The van der Waals surface area contributed by atoms with Crippen LogP contribution in [0, 0.1) is 0 Å². The minimum absolute atomic E-state index is 0.508. The van der Waals surface area contributed by atoms with Gasteiger partial charge in [-0.1, -0.05) is 11.6 Å². The van der Waals surface area contributed by atoms with Crippen LogP contribution in [-0.4, -0.2) is 9.97 Å². The van der Waals surface area contributed by atoms with E-state index in [1.165, 1.54) is 4.88 Å². The number of pyridine rings is 1. The van der Waals surface area contributed by atoms with Gasteiger partial charge < -0.3 is 5.32 Å². The van der Waals surface area contributed by atoms with Crippen molar-refractivity contribution < 1.29 is 0 Å². The van der Waals surface area contributed by atoms with Gasteiger partial charge in [0.25, 0.3) is 0 Å². The molecule has 0 radical (unpaired) electrons. The third-order valence-electron chi connectivity index (χ3n) is 1.68. The number of thiazole rings is 1. The van der Waals surface area contributed by atoms with Crippen LogP contribution in [0.2, 0.25) is 5.15 Å². The Balaban J connectivity index is 1.95. The van der Waals surface area contributed by atoms with Crippen LogP contribution < -0.4 is 5.32 Å². The van der Waals surface area contributed by atoms with E-state index in [9.17, 15) is 0 Å². The molecule has 0 aromatic carbocycles. The molecule has 2 heterocycles. The highest BCUT2D eigenvalue weighted by Crippen LogP contribution is 2.12. The Morgan fingerprint density at radius 3 is 2.93 bits per heavy atom. The van der Waals surface area contributed by atoms with Gasteiger partial charge in [-0.05, 0) is 12.1 Å². The molecule has 72 valence electrons. The average Bonchev–Trinajstić information content (AvgIpc) is 2.70. The Kier molecular flexibility index (Phi) is 2.96. The van der Waals surface area contributed by atoms with Crippen LogP contribution in [0.5, 0.6) is 0 Å². The van der Waals surface area contributed by atoms with E-state index in [1.54, 1.807) is 23.6 Å². The maximum Gasteiger partial charge on any atom is 0.129 e.